The van der Waals surface area contributed by atoms with Crippen molar-refractivity contribution in [3.05, 3.63) is 35.4 Å². The standard InChI is InChI=1S/C26H44N4O2.HI/c1-19-16-30(17-20(2)32-19)18-23-11-8-7-10-21(23)14-28-25(27-6)29-15-22-12-9-13-31-24(22)26(3,4)5;/h7-8,10-11,19-20,22,24H,9,12-18H2,1-6H3,(H2,27,28,29);1H. The molecule has 4 unspecified atom stereocenters. The third kappa shape index (κ3) is 8.67. The average molecular weight is 573 g/mol. The van der Waals surface area contributed by atoms with Gasteiger partial charge in [0, 0.05) is 52.3 Å². The molecule has 4 atom stereocenters. The van der Waals surface area contributed by atoms with E-state index in [-0.39, 0.29) is 47.7 Å². The third-order valence-electron chi connectivity index (χ3n) is 6.51. The van der Waals surface area contributed by atoms with Crippen LogP contribution in [0.2, 0.25) is 0 Å². The van der Waals surface area contributed by atoms with Crippen LogP contribution in [0.15, 0.2) is 29.3 Å². The van der Waals surface area contributed by atoms with Crippen LogP contribution in [0, 0.1) is 11.3 Å². The van der Waals surface area contributed by atoms with Crippen LogP contribution in [0.25, 0.3) is 0 Å². The summed E-state index contributed by atoms with van der Waals surface area (Å²) in [6, 6.07) is 8.71. The molecule has 0 amide bonds. The predicted octanol–water partition coefficient (Wildman–Crippen LogP) is 4.42. The predicted molar refractivity (Wildman–Crippen MR) is 147 cm³/mol. The van der Waals surface area contributed by atoms with Crippen LogP contribution in [-0.2, 0) is 22.6 Å². The Bertz CT molecular complexity index is 742. The van der Waals surface area contributed by atoms with Gasteiger partial charge in [0.25, 0.3) is 0 Å². The summed E-state index contributed by atoms with van der Waals surface area (Å²) in [5, 5.41) is 7.08. The lowest BCUT2D eigenvalue weighted by atomic mass is 9.78. The fourth-order valence-electron chi connectivity index (χ4n) is 5.18. The number of halogens is 1. The number of hydrogen-bond acceptors (Lipinski definition) is 4. The van der Waals surface area contributed by atoms with Gasteiger partial charge in [-0.1, -0.05) is 45.0 Å². The molecule has 0 radical (unpaired) electrons. The van der Waals surface area contributed by atoms with Crippen LogP contribution in [-0.4, -0.2) is 62.5 Å². The number of benzene rings is 1. The zero-order chi connectivity index (χ0) is 23.1. The lowest BCUT2D eigenvalue weighted by Crippen LogP contribution is -2.47. The SMILES string of the molecule is CN=C(NCc1ccccc1CN1CC(C)OC(C)C1)NCC1CCCOC1C(C)(C)C.I. The van der Waals surface area contributed by atoms with Crippen molar-refractivity contribution in [2.24, 2.45) is 16.3 Å². The number of hydrogen-bond donors (Lipinski definition) is 2. The Morgan fingerprint density at radius 3 is 2.39 bits per heavy atom. The van der Waals surface area contributed by atoms with Crippen LogP contribution in [0.4, 0.5) is 0 Å². The number of rotatable bonds is 6. The molecule has 0 aliphatic carbocycles. The second-order valence-corrected chi connectivity index (χ2v) is 10.6. The highest BCUT2D eigenvalue weighted by Crippen LogP contribution is 2.33. The number of aliphatic imine (C=N–C) groups is 1. The normalized spacial score (nSPS) is 27.0. The second kappa shape index (κ2) is 13.3. The molecular weight excluding hydrogens is 527 g/mol. The van der Waals surface area contributed by atoms with Crippen LogP contribution in [0.1, 0.15) is 58.6 Å². The highest BCUT2D eigenvalue weighted by molar-refractivity contribution is 14.0. The van der Waals surface area contributed by atoms with Gasteiger partial charge in [-0.2, -0.15) is 0 Å². The highest BCUT2D eigenvalue weighted by Gasteiger charge is 2.35. The largest absolute Gasteiger partial charge is 0.377 e. The molecule has 1 aromatic carbocycles. The van der Waals surface area contributed by atoms with Gasteiger partial charge in [0.1, 0.15) is 0 Å². The minimum Gasteiger partial charge on any atom is -0.377 e. The number of ether oxygens (including phenoxy) is 2. The van der Waals surface area contributed by atoms with E-state index in [2.05, 4.69) is 79.4 Å². The molecular formula is C26H45IN4O2. The molecule has 188 valence electrons. The number of nitrogens with zero attached hydrogens (tertiary/aromatic N) is 2. The maximum Gasteiger partial charge on any atom is 0.191 e. The maximum atomic E-state index is 6.14. The minimum atomic E-state index is 0. The van der Waals surface area contributed by atoms with Crippen LogP contribution >= 0.6 is 24.0 Å². The average Bonchev–Trinajstić information content (AvgIpc) is 2.74. The molecule has 6 nitrogen and oxygen atoms in total. The molecule has 2 fully saturated rings. The summed E-state index contributed by atoms with van der Waals surface area (Å²) < 4.78 is 12.0. The molecule has 0 aromatic heterocycles. The maximum absolute atomic E-state index is 6.14. The van der Waals surface area contributed by atoms with Gasteiger partial charge in [-0.15, -0.1) is 24.0 Å². The molecule has 2 aliphatic rings. The summed E-state index contributed by atoms with van der Waals surface area (Å²) in [4.78, 5) is 6.97. The van der Waals surface area contributed by atoms with E-state index in [0.717, 1.165) is 51.7 Å². The molecule has 2 N–H and O–H groups in total. The second-order valence-electron chi connectivity index (χ2n) is 10.6. The van der Waals surface area contributed by atoms with Gasteiger partial charge in [0.2, 0.25) is 0 Å². The summed E-state index contributed by atoms with van der Waals surface area (Å²) >= 11 is 0. The first kappa shape index (κ1) is 28.3. The van der Waals surface area contributed by atoms with E-state index >= 15 is 0 Å². The Morgan fingerprint density at radius 1 is 1.09 bits per heavy atom. The van der Waals surface area contributed by atoms with Crippen molar-refractivity contribution in [1.82, 2.24) is 15.5 Å². The van der Waals surface area contributed by atoms with Crippen molar-refractivity contribution >= 4 is 29.9 Å². The van der Waals surface area contributed by atoms with Crippen LogP contribution < -0.4 is 10.6 Å². The van der Waals surface area contributed by atoms with E-state index < -0.39 is 0 Å². The minimum absolute atomic E-state index is 0. The molecule has 3 rings (SSSR count). The topological polar surface area (TPSA) is 58.1 Å². The highest BCUT2D eigenvalue weighted by atomic mass is 127. The van der Waals surface area contributed by atoms with E-state index in [9.17, 15) is 0 Å². The lowest BCUT2D eigenvalue weighted by molar-refractivity contribution is -0.0835. The van der Waals surface area contributed by atoms with E-state index in [1.165, 1.54) is 17.5 Å². The van der Waals surface area contributed by atoms with Gasteiger partial charge in [-0.3, -0.25) is 9.89 Å². The first-order chi connectivity index (χ1) is 15.3. The zero-order valence-electron chi connectivity index (χ0n) is 21.4. The monoisotopic (exact) mass is 572 g/mol. The Morgan fingerprint density at radius 2 is 1.76 bits per heavy atom. The van der Waals surface area contributed by atoms with Gasteiger partial charge >= 0.3 is 0 Å². The van der Waals surface area contributed by atoms with Gasteiger partial charge in [-0.25, -0.2) is 0 Å². The Hall–Kier alpha value is -0.900. The smallest absolute Gasteiger partial charge is 0.191 e. The van der Waals surface area contributed by atoms with Crippen LogP contribution in [0.5, 0.6) is 0 Å². The quantitative estimate of drug-likeness (QED) is 0.301. The Labute approximate surface area is 218 Å². The molecule has 2 heterocycles. The summed E-state index contributed by atoms with van der Waals surface area (Å²) in [6.45, 7) is 16.6. The zero-order valence-corrected chi connectivity index (χ0v) is 23.7. The molecule has 0 saturated carbocycles. The van der Waals surface area contributed by atoms with Gasteiger partial charge in [-0.05, 0) is 43.2 Å². The fourth-order valence-corrected chi connectivity index (χ4v) is 5.18. The summed E-state index contributed by atoms with van der Waals surface area (Å²) in [5.41, 5.74) is 2.83. The van der Waals surface area contributed by atoms with Gasteiger partial charge in [0.15, 0.2) is 5.96 Å². The van der Waals surface area contributed by atoms with Gasteiger partial charge in [0.05, 0.1) is 18.3 Å². The van der Waals surface area contributed by atoms with E-state index in [4.69, 9.17) is 9.47 Å². The molecule has 2 aliphatic heterocycles. The lowest BCUT2D eigenvalue weighted by Gasteiger charge is -2.40. The number of morpholine rings is 1. The third-order valence-corrected chi connectivity index (χ3v) is 6.51. The van der Waals surface area contributed by atoms with Crippen molar-refractivity contribution in [2.45, 2.75) is 78.9 Å². The molecule has 1 aromatic rings. The van der Waals surface area contributed by atoms with Crippen molar-refractivity contribution in [3.8, 4) is 0 Å². The molecule has 0 spiro atoms. The number of nitrogens with one attached hydrogen (secondary N) is 2. The first-order valence-corrected chi connectivity index (χ1v) is 12.3. The van der Waals surface area contributed by atoms with Crippen molar-refractivity contribution in [2.75, 3.05) is 33.3 Å². The first-order valence-electron chi connectivity index (χ1n) is 12.3. The molecule has 33 heavy (non-hydrogen) atoms. The Balaban J connectivity index is 0.00000385. The number of guanidine groups is 1. The van der Waals surface area contributed by atoms with Crippen molar-refractivity contribution in [3.63, 3.8) is 0 Å². The Kier molecular flexibility index (Phi) is 11.4. The summed E-state index contributed by atoms with van der Waals surface area (Å²) in [5.74, 6) is 1.35. The van der Waals surface area contributed by atoms with E-state index in [1.54, 1.807) is 0 Å². The molecule has 7 heteroatoms. The molecule has 2 saturated heterocycles. The van der Waals surface area contributed by atoms with Crippen LogP contribution in [0.3, 0.4) is 0 Å². The van der Waals surface area contributed by atoms with Crippen molar-refractivity contribution in [1.29, 1.82) is 0 Å². The summed E-state index contributed by atoms with van der Waals surface area (Å²) in [6.07, 6.45) is 3.18. The molecule has 0 bridgehead atoms. The van der Waals surface area contributed by atoms with E-state index in [1.807, 2.05) is 7.05 Å². The summed E-state index contributed by atoms with van der Waals surface area (Å²) in [7, 11) is 1.84. The fraction of sp³-hybridized carbons (Fsp3) is 0.731. The van der Waals surface area contributed by atoms with E-state index in [0.29, 0.717) is 5.92 Å². The van der Waals surface area contributed by atoms with Gasteiger partial charge < -0.3 is 20.1 Å². The van der Waals surface area contributed by atoms with Crippen molar-refractivity contribution < 1.29 is 9.47 Å².